The van der Waals surface area contributed by atoms with Gasteiger partial charge in [0, 0.05) is 5.69 Å². The van der Waals surface area contributed by atoms with Crippen molar-refractivity contribution in [2.45, 2.75) is 26.0 Å². The number of hydrogen-bond donors (Lipinski definition) is 1. The van der Waals surface area contributed by atoms with Crippen LogP contribution in [-0.4, -0.2) is 26.8 Å². The van der Waals surface area contributed by atoms with Crippen molar-refractivity contribution in [2.75, 3.05) is 0 Å². The minimum Gasteiger partial charge on any atom is -0.481 e. The van der Waals surface area contributed by atoms with Crippen LogP contribution in [0.25, 0.3) is 5.69 Å². The molecule has 0 aliphatic carbocycles. The topological polar surface area (TPSA) is 69.0 Å². The number of carbonyl (C=O) groups is 1. The third-order valence-electron chi connectivity index (χ3n) is 3.76. The van der Waals surface area contributed by atoms with Crippen LogP contribution in [0.1, 0.15) is 19.2 Å². The van der Waals surface area contributed by atoms with Gasteiger partial charge in [0.1, 0.15) is 12.1 Å². The Morgan fingerprint density at radius 1 is 1.12 bits per heavy atom. The number of hydrogen-bond acceptors (Lipinski definition) is 4. The van der Waals surface area contributed by atoms with E-state index in [0.717, 1.165) is 5.69 Å². The molecule has 25 heavy (non-hydrogen) atoms. The highest BCUT2D eigenvalue weighted by atomic mass is 16.5. The average molecular weight is 336 g/mol. The number of para-hydroxylation sites is 2. The molecule has 3 rings (SSSR count). The van der Waals surface area contributed by atoms with Gasteiger partial charge in [-0.1, -0.05) is 43.3 Å². The molecule has 1 N–H and O–H groups in total. The van der Waals surface area contributed by atoms with Crippen molar-refractivity contribution in [1.29, 1.82) is 0 Å². The Labute approximate surface area is 146 Å². The van der Waals surface area contributed by atoms with Crippen LogP contribution in [-0.2, 0) is 11.3 Å². The highest BCUT2D eigenvalue weighted by molar-refractivity contribution is 5.81. The van der Waals surface area contributed by atoms with Crippen LogP contribution in [0, 0.1) is 0 Å². The zero-order chi connectivity index (χ0) is 17.5. The predicted molar refractivity (Wildman–Crippen MR) is 94.4 cm³/mol. The molecule has 3 aromatic rings. The van der Waals surface area contributed by atoms with Gasteiger partial charge in [-0.2, -0.15) is 0 Å². The monoisotopic (exact) mass is 336 g/mol. The minimum absolute atomic E-state index is 0.172. The standard InChI is InChI=1S/C19H20N4O2/c1-2-17(25-16-11-7-4-8-12-16)19(24)20-13-18-22-21-14-23(18)15-9-5-3-6-10-15/h3-12,14,17H,2,13H2,1H3,(H,20,24). The lowest BCUT2D eigenvalue weighted by molar-refractivity contribution is -0.128. The summed E-state index contributed by atoms with van der Waals surface area (Å²) in [7, 11) is 0. The molecule has 1 amide bonds. The summed E-state index contributed by atoms with van der Waals surface area (Å²) in [4.78, 5) is 12.4. The summed E-state index contributed by atoms with van der Waals surface area (Å²) < 4.78 is 7.60. The van der Waals surface area contributed by atoms with Gasteiger partial charge in [0.2, 0.25) is 0 Å². The maximum absolute atomic E-state index is 12.4. The number of benzene rings is 2. The lowest BCUT2D eigenvalue weighted by atomic mass is 10.2. The molecule has 0 bridgehead atoms. The maximum Gasteiger partial charge on any atom is 0.261 e. The molecular formula is C19H20N4O2. The Morgan fingerprint density at radius 2 is 1.80 bits per heavy atom. The minimum atomic E-state index is -0.546. The molecule has 6 heteroatoms. The van der Waals surface area contributed by atoms with E-state index in [4.69, 9.17) is 4.74 Å². The van der Waals surface area contributed by atoms with E-state index >= 15 is 0 Å². The van der Waals surface area contributed by atoms with Crippen LogP contribution in [0.3, 0.4) is 0 Å². The van der Waals surface area contributed by atoms with Crippen LogP contribution >= 0.6 is 0 Å². The summed E-state index contributed by atoms with van der Waals surface area (Å²) in [6.45, 7) is 2.20. The van der Waals surface area contributed by atoms with Crippen molar-refractivity contribution in [2.24, 2.45) is 0 Å². The lowest BCUT2D eigenvalue weighted by Crippen LogP contribution is -2.38. The molecule has 1 heterocycles. The Hall–Kier alpha value is -3.15. The zero-order valence-electron chi connectivity index (χ0n) is 14.0. The predicted octanol–water partition coefficient (Wildman–Crippen LogP) is 2.74. The third kappa shape index (κ3) is 4.23. The maximum atomic E-state index is 12.4. The van der Waals surface area contributed by atoms with Gasteiger partial charge in [0.15, 0.2) is 11.9 Å². The van der Waals surface area contributed by atoms with E-state index in [0.29, 0.717) is 18.0 Å². The van der Waals surface area contributed by atoms with Crippen molar-refractivity contribution in [1.82, 2.24) is 20.1 Å². The molecule has 0 saturated carbocycles. The SMILES string of the molecule is CCC(Oc1ccccc1)C(=O)NCc1nncn1-c1ccccc1. The first-order valence-electron chi connectivity index (χ1n) is 8.21. The van der Waals surface area contributed by atoms with Gasteiger partial charge in [-0.05, 0) is 30.7 Å². The molecule has 1 unspecified atom stereocenters. The number of ether oxygens (including phenoxy) is 1. The first-order chi connectivity index (χ1) is 12.3. The smallest absolute Gasteiger partial charge is 0.261 e. The molecule has 2 aromatic carbocycles. The van der Waals surface area contributed by atoms with Gasteiger partial charge in [-0.25, -0.2) is 0 Å². The Balaban J connectivity index is 1.63. The number of amides is 1. The molecule has 6 nitrogen and oxygen atoms in total. The van der Waals surface area contributed by atoms with Crippen molar-refractivity contribution >= 4 is 5.91 Å². The Kier molecular flexibility index (Phi) is 5.41. The molecular weight excluding hydrogens is 316 g/mol. The second-order valence-electron chi connectivity index (χ2n) is 5.50. The van der Waals surface area contributed by atoms with E-state index in [9.17, 15) is 4.79 Å². The summed E-state index contributed by atoms with van der Waals surface area (Å²) >= 11 is 0. The van der Waals surface area contributed by atoms with Crippen LogP contribution in [0.2, 0.25) is 0 Å². The van der Waals surface area contributed by atoms with Gasteiger partial charge < -0.3 is 10.1 Å². The van der Waals surface area contributed by atoms with Gasteiger partial charge in [-0.3, -0.25) is 9.36 Å². The fourth-order valence-electron chi connectivity index (χ4n) is 2.45. The second-order valence-corrected chi connectivity index (χ2v) is 5.50. The zero-order valence-corrected chi connectivity index (χ0v) is 14.0. The first-order valence-corrected chi connectivity index (χ1v) is 8.21. The van der Waals surface area contributed by atoms with E-state index in [1.54, 1.807) is 6.33 Å². The molecule has 0 fully saturated rings. The van der Waals surface area contributed by atoms with E-state index in [2.05, 4.69) is 15.5 Å². The molecule has 0 saturated heterocycles. The van der Waals surface area contributed by atoms with E-state index in [-0.39, 0.29) is 12.5 Å². The number of nitrogens with zero attached hydrogens (tertiary/aromatic N) is 3. The largest absolute Gasteiger partial charge is 0.481 e. The molecule has 0 radical (unpaired) electrons. The average Bonchev–Trinajstić information content (AvgIpc) is 3.14. The quantitative estimate of drug-likeness (QED) is 0.720. The molecule has 128 valence electrons. The van der Waals surface area contributed by atoms with Crippen LogP contribution in [0.5, 0.6) is 5.75 Å². The molecule has 0 aliphatic rings. The summed E-state index contributed by atoms with van der Waals surface area (Å²) in [5.41, 5.74) is 0.948. The molecule has 0 aliphatic heterocycles. The Bertz CT molecular complexity index is 803. The summed E-state index contributed by atoms with van der Waals surface area (Å²) in [5, 5.41) is 10.9. The summed E-state index contributed by atoms with van der Waals surface area (Å²) in [6, 6.07) is 19.1. The van der Waals surface area contributed by atoms with Gasteiger partial charge in [0.05, 0.1) is 6.54 Å². The lowest BCUT2D eigenvalue weighted by Gasteiger charge is -2.17. The van der Waals surface area contributed by atoms with Gasteiger partial charge in [-0.15, -0.1) is 10.2 Å². The van der Waals surface area contributed by atoms with E-state index in [1.807, 2.05) is 72.2 Å². The Morgan fingerprint density at radius 3 is 2.48 bits per heavy atom. The fourth-order valence-corrected chi connectivity index (χ4v) is 2.45. The number of carbonyl (C=O) groups excluding carboxylic acids is 1. The van der Waals surface area contributed by atoms with Crippen molar-refractivity contribution in [3.05, 3.63) is 72.8 Å². The second kappa shape index (κ2) is 8.10. The van der Waals surface area contributed by atoms with Crippen LogP contribution in [0.4, 0.5) is 0 Å². The van der Waals surface area contributed by atoms with E-state index < -0.39 is 6.10 Å². The summed E-state index contributed by atoms with van der Waals surface area (Å²) in [5.74, 6) is 1.17. The number of aromatic nitrogens is 3. The fraction of sp³-hybridized carbons (Fsp3) is 0.211. The normalized spacial score (nSPS) is 11.7. The van der Waals surface area contributed by atoms with E-state index in [1.165, 1.54) is 0 Å². The van der Waals surface area contributed by atoms with Crippen molar-refractivity contribution in [3.8, 4) is 11.4 Å². The number of nitrogens with one attached hydrogen (secondary N) is 1. The van der Waals surface area contributed by atoms with Gasteiger partial charge in [0.25, 0.3) is 5.91 Å². The first kappa shape index (κ1) is 16.7. The highest BCUT2D eigenvalue weighted by Crippen LogP contribution is 2.13. The molecule has 1 atom stereocenters. The van der Waals surface area contributed by atoms with Crippen LogP contribution < -0.4 is 10.1 Å². The highest BCUT2D eigenvalue weighted by Gasteiger charge is 2.19. The summed E-state index contributed by atoms with van der Waals surface area (Å²) in [6.07, 6.45) is 1.66. The van der Waals surface area contributed by atoms with Crippen LogP contribution in [0.15, 0.2) is 67.0 Å². The van der Waals surface area contributed by atoms with Gasteiger partial charge >= 0.3 is 0 Å². The third-order valence-corrected chi connectivity index (χ3v) is 3.76. The van der Waals surface area contributed by atoms with Crippen molar-refractivity contribution < 1.29 is 9.53 Å². The number of rotatable bonds is 7. The molecule has 0 spiro atoms. The molecule has 1 aromatic heterocycles. The van der Waals surface area contributed by atoms with Crippen molar-refractivity contribution in [3.63, 3.8) is 0 Å².